The number of carbonyl (C=O) groups excluding carboxylic acids is 1. The summed E-state index contributed by atoms with van der Waals surface area (Å²) in [5.74, 6) is -0.409. The third-order valence-corrected chi connectivity index (χ3v) is 6.69. The zero-order chi connectivity index (χ0) is 24.1. The van der Waals surface area contributed by atoms with Gasteiger partial charge < -0.3 is 15.2 Å². The first-order valence-electron chi connectivity index (χ1n) is 11.0. The lowest BCUT2D eigenvalue weighted by atomic mass is 10.1. The largest absolute Gasteiger partial charge is 0.416 e. The fourth-order valence-corrected chi connectivity index (χ4v) is 4.64. The van der Waals surface area contributed by atoms with E-state index >= 15 is 0 Å². The van der Waals surface area contributed by atoms with E-state index in [4.69, 9.17) is 0 Å². The highest BCUT2D eigenvalue weighted by Gasteiger charge is 2.31. The summed E-state index contributed by atoms with van der Waals surface area (Å²) in [4.78, 5) is 32.5. The number of hydrogen-bond donors (Lipinski definition) is 2. The Morgan fingerprint density at radius 3 is 2.53 bits per heavy atom. The van der Waals surface area contributed by atoms with E-state index < -0.39 is 23.2 Å². The van der Waals surface area contributed by atoms with Crippen molar-refractivity contribution in [1.29, 1.82) is 0 Å². The van der Waals surface area contributed by atoms with Gasteiger partial charge in [-0.3, -0.25) is 14.5 Å². The van der Waals surface area contributed by atoms with Gasteiger partial charge in [0.2, 0.25) is 0 Å². The van der Waals surface area contributed by atoms with E-state index in [9.17, 15) is 22.8 Å². The van der Waals surface area contributed by atoms with Crippen molar-refractivity contribution in [3.8, 4) is 10.6 Å². The maximum Gasteiger partial charge on any atom is 0.416 e. The molecule has 1 saturated heterocycles. The summed E-state index contributed by atoms with van der Waals surface area (Å²) in [5, 5.41) is 4.70. The van der Waals surface area contributed by atoms with Gasteiger partial charge in [0.05, 0.1) is 16.1 Å². The van der Waals surface area contributed by atoms with Crippen LogP contribution in [0.3, 0.4) is 0 Å². The van der Waals surface area contributed by atoms with Gasteiger partial charge in [-0.15, -0.1) is 11.3 Å². The lowest BCUT2D eigenvalue weighted by Gasteiger charge is -2.36. The van der Waals surface area contributed by atoms with Crippen LogP contribution in [0.15, 0.2) is 58.7 Å². The highest BCUT2D eigenvalue weighted by Crippen LogP contribution is 2.31. The Morgan fingerprint density at radius 2 is 1.85 bits per heavy atom. The molecule has 10 heteroatoms. The van der Waals surface area contributed by atoms with Gasteiger partial charge in [0, 0.05) is 38.4 Å². The zero-order valence-corrected chi connectivity index (χ0v) is 19.2. The summed E-state index contributed by atoms with van der Waals surface area (Å²) in [6.07, 6.45) is -3.64. The number of H-pyrrole nitrogens is 1. The summed E-state index contributed by atoms with van der Waals surface area (Å²) in [7, 11) is 0. The molecule has 0 bridgehead atoms. The van der Waals surface area contributed by atoms with Gasteiger partial charge in [0.25, 0.3) is 11.5 Å². The van der Waals surface area contributed by atoms with Crippen molar-refractivity contribution in [1.82, 2.24) is 15.2 Å². The number of amides is 1. The van der Waals surface area contributed by atoms with Gasteiger partial charge in [-0.2, -0.15) is 13.2 Å². The number of piperazine rings is 1. The minimum absolute atomic E-state index is 0.0787. The van der Waals surface area contributed by atoms with Gasteiger partial charge in [-0.25, -0.2) is 0 Å². The lowest BCUT2D eigenvalue weighted by Crippen LogP contribution is -2.47. The van der Waals surface area contributed by atoms with Crippen molar-refractivity contribution in [3.05, 3.63) is 75.4 Å². The molecule has 1 fully saturated rings. The molecule has 0 saturated carbocycles. The summed E-state index contributed by atoms with van der Waals surface area (Å²) in [5.41, 5.74) is 0.283. The molecule has 3 aromatic rings. The molecule has 0 atom stereocenters. The maximum absolute atomic E-state index is 13.0. The van der Waals surface area contributed by atoms with E-state index in [1.54, 1.807) is 12.1 Å². The molecule has 1 amide bonds. The number of aromatic amines is 1. The van der Waals surface area contributed by atoms with Crippen LogP contribution in [0.4, 0.5) is 18.9 Å². The Labute approximate surface area is 199 Å². The Morgan fingerprint density at radius 1 is 1.06 bits per heavy atom. The number of aromatic nitrogens is 1. The molecule has 1 aliphatic heterocycles. The van der Waals surface area contributed by atoms with Crippen molar-refractivity contribution >= 4 is 22.9 Å². The van der Waals surface area contributed by atoms with Crippen molar-refractivity contribution in [2.24, 2.45) is 0 Å². The predicted molar refractivity (Wildman–Crippen MR) is 127 cm³/mol. The quantitative estimate of drug-likeness (QED) is 0.490. The third-order valence-electron chi connectivity index (χ3n) is 5.79. The molecule has 0 unspecified atom stereocenters. The number of halogens is 3. The van der Waals surface area contributed by atoms with Gasteiger partial charge in [-0.1, -0.05) is 12.1 Å². The molecule has 2 aromatic heterocycles. The summed E-state index contributed by atoms with van der Waals surface area (Å²) in [6, 6.07) is 12.5. The van der Waals surface area contributed by atoms with Crippen LogP contribution in [0.5, 0.6) is 0 Å². The Bertz CT molecular complexity index is 1170. The lowest BCUT2D eigenvalue weighted by molar-refractivity contribution is -0.137. The highest BCUT2D eigenvalue weighted by molar-refractivity contribution is 7.13. The van der Waals surface area contributed by atoms with Crippen LogP contribution in [0.25, 0.3) is 10.6 Å². The SMILES string of the molecule is O=C(NCCCN1CCN(c2cccc(C(F)(F)F)c2)CC1)c1ccc(-c2cccs2)[nH]c1=O. The van der Waals surface area contributed by atoms with Crippen molar-refractivity contribution in [3.63, 3.8) is 0 Å². The standard InChI is InChI=1S/C24H25F3N4O2S/c25-24(26,27)17-4-1-5-18(16-17)31-13-11-30(12-14-31)10-3-9-28-22(32)19-7-8-20(29-23(19)33)21-6-2-15-34-21/h1-2,4-8,15-16H,3,9-14H2,(H,28,32)(H,29,33). The van der Waals surface area contributed by atoms with Crippen LogP contribution >= 0.6 is 11.3 Å². The van der Waals surface area contributed by atoms with Crippen LogP contribution in [0.2, 0.25) is 0 Å². The number of nitrogens with one attached hydrogen (secondary N) is 2. The minimum Gasteiger partial charge on any atom is -0.369 e. The number of pyridine rings is 1. The fourth-order valence-electron chi connectivity index (χ4n) is 3.94. The summed E-state index contributed by atoms with van der Waals surface area (Å²) in [6.45, 7) is 3.92. The number of carbonyl (C=O) groups is 1. The van der Waals surface area contributed by atoms with E-state index in [-0.39, 0.29) is 5.56 Å². The molecule has 180 valence electrons. The van der Waals surface area contributed by atoms with Crippen LogP contribution in [-0.4, -0.2) is 55.1 Å². The first-order chi connectivity index (χ1) is 16.3. The molecule has 1 aliphatic rings. The molecule has 0 aliphatic carbocycles. The topological polar surface area (TPSA) is 68.4 Å². The van der Waals surface area contributed by atoms with Gasteiger partial charge in [0.15, 0.2) is 0 Å². The molecule has 3 heterocycles. The normalized spacial score (nSPS) is 14.9. The van der Waals surface area contributed by atoms with Crippen LogP contribution in [0, 0.1) is 0 Å². The summed E-state index contributed by atoms with van der Waals surface area (Å²) >= 11 is 1.51. The van der Waals surface area contributed by atoms with Crippen molar-refractivity contribution in [2.45, 2.75) is 12.6 Å². The molecular formula is C24H25F3N4O2S. The van der Waals surface area contributed by atoms with Gasteiger partial charge in [-0.05, 0) is 54.7 Å². The summed E-state index contributed by atoms with van der Waals surface area (Å²) < 4.78 is 38.9. The number of benzene rings is 1. The number of hydrogen-bond acceptors (Lipinski definition) is 5. The van der Waals surface area contributed by atoms with Crippen molar-refractivity contribution < 1.29 is 18.0 Å². The van der Waals surface area contributed by atoms with E-state index in [1.165, 1.54) is 29.5 Å². The molecule has 6 nitrogen and oxygen atoms in total. The van der Waals surface area contributed by atoms with Crippen LogP contribution in [-0.2, 0) is 6.18 Å². The van der Waals surface area contributed by atoms with Gasteiger partial charge >= 0.3 is 6.18 Å². The third kappa shape index (κ3) is 5.87. The monoisotopic (exact) mass is 490 g/mol. The average molecular weight is 491 g/mol. The predicted octanol–water partition coefficient (Wildman–Crippen LogP) is 4.06. The fraction of sp³-hybridized carbons (Fsp3) is 0.333. The first kappa shape index (κ1) is 24.0. The van der Waals surface area contributed by atoms with Gasteiger partial charge in [0.1, 0.15) is 5.56 Å². The molecular weight excluding hydrogens is 465 g/mol. The van der Waals surface area contributed by atoms with E-state index in [2.05, 4.69) is 15.2 Å². The number of nitrogens with zero attached hydrogens (tertiary/aromatic N) is 2. The second-order valence-electron chi connectivity index (χ2n) is 8.08. The Kier molecular flexibility index (Phi) is 7.38. The Hall–Kier alpha value is -3.11. The number of rotatable bonds is 7. The van der Waals surface area contributed by atoms with Crippen molar-refractivity contribution in [2.75, 3.05) is 44.2 Å². The number of alkyl halides is 3. The minimum atomic E-state index is -4.35. The number of anilines is 1. The smallest absolute Gasteiger partial charge is 0.369 e. The number of thiophene rings is 1. The van der Waals surface area contributed by atoms with Crippen LogP contribution < -0.4 is 15.8 Å². The second kappa shape index (κ2) is 10.4. The molecule has 4 rings (SSSR count). The molecule has 2 N–H and O–H groups in total. The maximum atomic E-state index is 13.0. The van der Waals surface area contributed by atoms with E-state index in [1.807, 2.05) is 22.4 Å². The molecule has 1 aromatic carbocycles. The average Bonchev–Trinajstić information content (AvgIpc) is 3.37. The molecule has 0 radical (unpaired) electrons. The zero-order valence-electron chi connectivity index (χ0n) is 18.4. The molecule has 34 heavy (non-hydrogen) atoms. The molecule has 0 spiro atoms. The van der Waals surface area contributed by atoms with E-state index in [0.29, 0.717) is 37.4 Å². The Balaban J connectivity index is 1.20. The van der Waals surface area contributed by atoms with Crippen LogP contribution in [0.1, 0.15) is 22.3 Å². The first-order valence-corrected chi connectivity index (χ1v) is 11.9. The highest BCUT2D eigenvalue weighted by atomic mass is 32.1. The van der Waals surface area contributed by atoms with E-state index in [0.717, 1.165) is 30.6 Å². The second-order valence-corrected chi connectivity index (χ2v) is 9.03.